The molecule has 0 amide bonds. The molecule has 10 radical (unpaired) electrons. The Morgan fingerprint density at radius 2 is 1.27 bits per heavy atom. The van der Waals surface area contributed by atoms with Gasteiger partial charge in [-0.05, 0) is 90.9 Å². The Morgan fingerprint density at radius 3 is 1.50 bits per heavy atom. The van der Waals surface area contributed by atoms with E-state index in [0.717, 1.165) is 18.4 Å². The fourth-order valence-electron chi connectivity index (χ4n) is 2.04. The van der Waals surface area contributed by atoms with Gasteiger partial charge in [0, 0.05) is 0 Å². The number of rotatable bonds is 7. The van der Waals surface area contributed by atoms with Gasteiger partial charge in [-0.3, -0.25) is 10.1 Å². The van der Waals surface area contributed by atoms with E-state index in [4.69, 9.17) is 9.05 Å². The fourth-order valence-corrected chi connectivity index (χ4v) is 3.57. The predicted octanol–water partition coefficient (Wildman–Crippen LogP) is 5.61. The van der Waals surface area contributed by atoms with Crippen molar-refractivity contribution in [2.45, 2.75) is 33.1 Å². The first-order chi connectivity index (χ1) is 12.1. The van der Waals surface area contributed by atoms with Crippen LogP contribution in [0.4, 0.5) is 0 Å². The molecule has 3 saturated carbocycles. The van der Waals surface area contributed by atoms with E-state index in [2.05, 4.69) is 12.7 Å². The smallest absolute Gasteiger partial charge is 0.374 e. The van der Waals surface area contributed by atoms with E-state index in [0.29, 0.717) is 25.6 Å². The predicted molar refractivity (Wildman–Crippen MR) is 103 cm³/mol. The van der Waals surface area contributed by atoms with E-state index in [9.17, 15) is 4.57 Å². The minimum atomic E-state index is -3.13. The molecule has 0 aliphatic heterocycles. The summed E-state index contributed by atoms with van der Waals surface area (Å²) >= 11 is 0. The molecule has 3 aliphatic carbocycles. The van der Waals surface area contributed by atoms with Gasteiger partial charge in [-0.1, -0.05) is 5.92 Å². The van der Waals surface area contributed by atoms with Crippen molar-refractivity contribution >= 4 is 7.60 Å². The summed E-state index contributed by atoms with van der Waals surface area (Å²) in [5.41, 5.74) is 1.00. The Balaban J connectivity index is 0.000000460. The van der Waals surface area contributed by atoms with Crippen molar-refractivity contribution in [2.24, 2.45) is 5.92 Å². The van der Waals surface area contributed by atoms with Gasteiger partial charge >= 0.3 is 26.2 Å². The van der Waals surface area contributed by atoms with Gasteiger partial charge in [0.2, 0.25) is 0 Å². The molecule has 3 fully saturated rings. The van der Waals surface area contributed by atoms with Crippen LogP contribution in [0, 0.1) is 82.9 Å². The van der Waals surface area contributed by atoms with Gasteiger partial charge in [0.25, 0.3) is 0 Å². The molecule has 0 saturated heterocycles. The molecule has 0 aromatic heterocycles. The Bertz CT molecular complexity index is 365. The first-order valence-corrected chi connectivity index (χ1v) is 10.3. The van der Waals surface area contributed by atoms with Crippen molar-refractivity contribution in [1.29, 1.82) is 0 Å². The van der Waals surface area contributed by atoms with Gasteiger partial charge in [-0.25, -0.2) is 0 Å². The molecule has 0 bridgehead atoms. The van der Waals surface area contributed by atoms with E-state index in [1.54, 1.807) is 13.8 Å². The van der Waals surface area contributed by atoms with Crippen LogP contribution in [0.3, 0.4) is 0 Å². The number of hydrogen-bond acceptors (Lipinski definition) is 3. The molecule has 0 unspecified atom stereocenters. The Kier molecular flexibility index (Phi) is 17.2. The van der Waals surface area contributed by atoms with Gasteiger partial charge in [0.15, 0.2) is 7.60 Å². The summed E-state index contributed by atoms with van der Waals surface area (Å²) in [6.07, 6.45) is 22.9. The normalized spacial score (nSPS) is 19.7. The Morgan fingerprint density at radius 1 is 0.923 bits per heavy atom. The average molecular weight is 452 g/mol. The van der Waals surface area contributed by atoms with Gasteiger partial charge in [-0.15, -0.1) is 0 Å². The maximum Gasteiger partial charge on any atom is 4.00 e. The fraction of sp³-hybridized carbons (Fsp3) is 0.381. The molecule has 138 valence electrons. The maximum atomic E-state index is 12.1. The third-order valence-electron chi connectivity index (χ3n) is 3.33. The largest absolute Gasteiger partial charge is 4.00 e. The number of hydrogen-bond donors (Lipinski definition) is 0. The summed E-state index contributed by atoms with van der Waals surface area (Å²) in [6.45, 7) is 8.17. The number of allylic oxidation sites excluding steroid dienone is 1. The van der Waals surface area contributed by atoms with Gasteiger partial charge in [0.1, 0.15) is 0 Å². The minimum absolute atomic E-state index is 0. The van der Waals surface area contributed by atoms with E-state index >= 15 is 0 Å². The molecule has 3 rings (SSSR count). The summed E-state index contributed by atoms with van der Waals surface area (Å²) in [5.74, 6) is 3.42. The first-order valence-electron chi connectivity index (χ1n) is 8.80. The van der Waals surface area contributed by atoms with Crippen LogP contribution in [0.1, 0.15) is 33.1 Å². The molecule has 26 heavy (non-hydrogen) atoms. The quantitative estimate of drug-likeness (QED) is 0.373. The third kappa shape index (κ3) is 13.0. The zero-order valence-electron chi connectivity index (χ0n) is 15.8. The zero-order valence-corrected chi connectivity index (χ0v) is 19.1. The second kappa shape index (κ2) is 16.7. The molecule has 0 aromatic carbocycles. The van der Waals surface area contributed by atoms with Crippen molar-refractivity contribution in [2.75, 3.05) is 13.2 Å². The van der Waals surface area contributed by atoms with E-state index in [1.165, 1.54) is 0 Å². The van der Waals surface area contributed by atoms with E-state index in [1.807, 2.05) is 64.2 Å². The molecule has 0 aromatic rings. The zero-order chi connectivity index (χ0) is 18.4. The SMILES string of the molecule is [CH2-]CC(=[C-]P(=O)(OCC)OCC)C1CC1.[CH]1[CH][CH][CH][CH]1.[CH]1[CH][CH][CH][CH]1.[Zr+4]. The summed E-state index contributed by atoms with van der Waals surface area (Å²) in [4.78, 5) is 0. The van der Waals surface area contributed by atoms with E-state index in [-0.39, 0.29) is 26.2 Å². The van der Waals surface area contributed by atoms with Crippen molar-refractivity contribution < 1.29 is 39.8 Å². The standard InChI is InChI=1S/C11H19O3P.2C5H5.Zr/c1-4-10(11-7-8-11)9-15(12,13-5-2)14-6-3;2*1-2-4-5-3-1;/h11H,1,4-8H2,2-3H3;2*1-5H;/q-2;;;+4. The van der Waals surface area contributed by atoms with E-state index < -0.39 is 7.60 Å². The molecule has 0 spiro atoms. The van der Waals surface area contributed by atoms with Crippen LogP contribution < -0.4 is 0 Å². The molecule has 0 N–H and O–H groups in total. The molecule has 5 heteroatoms. The van der Waals surface area contributed by atoms with Crippen LogP contribution in [0.25, 0.3) is 0 Å². The summed E-state index contributed by atoms with van der Waals surface area (Å²) < 4.78 is 22.4. The maximum absolute atomic E-state index is 12.1. The van der Waals surface area contributed by atoms with Crippen LogP contribution in [-0.4, -0.2) is 13.2 Å². The van der Waals surface area contributed by atoms with Crippen molar-refractivity contribution in [3.05, 3.63) is 82.5 Å². The summed E-state index contributed by atoms with van der Waals surface area (Å²) in [6, 6.07) is 0. The average Bonchev–Trinajstić information content (AvgIpc) is 3.09. The molecular formula is C21H29O3PZr+2. The Hall–Kier alpha value is 0.773. The van der Waals surface area contributed by atoms with Crippen molar-refractivity contribution in [1.82, 2.24) is 0 Å². The third-order valence-corrected chi connectivity index (χ3v) is 5.09. The second-order valence-corrected chi connectivity index (χ2v) is 7.15. The van der Waals surface area contributed by atoms with Crippen LogP contribution >= 0.6 is 7.60 Å². The van der Waals surface area contributed by atoms with Crippen molar-refractivity contribution in [3.8, 4) is 0 Å². The van der Waals surface area contributed by atoms with Crippen LogP contribution in [0.2, 0.25) is 0 Å². The van der Waals surface area contributed by atoms with Gasteiger partial charge < -0.3 is 21.8 Å². The first kappa shape index (κ1) is 26.8. The van der Waals surface area contributed by atoms with Crippen molar-refractivity contribution in [3.63, 3.8) is 0 Å². The monoisotopic (exact) mass is 450 g/mol. The molecular weight excluding hydrogens is 422 g/mol. The molecule has 0 heterocycles. The molecule has 0 atom stereocenters. The topological polar surface area (TPSA) is 35.5 Å². The second-order valence-electron chi connectivity index (χ2n) is 5.42. The Labute approximate surface area is 181 Å². The van der Waals surface area contributed by atoms with Gasteiger partial charge in [-0.2, -0.15) is 6.42 Å². The molecule has 3 nitrogen and oxygen atoms in total. The van der Waals surface area contributed by atoms with Crippen LogP contribution in [0.15, 0.2) is 5.57 Å². The van der Waals surface area contributed by atoms with Crippen LogP contribution in [-0.2, 0) is 39.8 Å². The summed E-state index contributed by atoms with van der Waals surface area (Å²) in [7, 11) is -3.13. The minimum Gasteiger partial charge on any atom is -0.374 e. The van der Waals surface area contributed by atoms with Gasteiger partial charge in [0.05, 0.1) is 13.2 Å². The summed E-state index contributed by atoms with van der Waals surface area (Å²) in [5, 5.41) is 0. The van der Waals surface area contributed by atoms with Crippen LogP contribution in [0.5, 0.6) is 0 Å². The molecule has 3 aliphatic rings.